The smallest absolute Gasteiger partial charge is 0.225 e. The number of nitrogens with zero attached hydrogens (tertiary/aromatic N) is 1. The van der Waals surface area contributed by atoms with Crippen LogP contribution in [0.5, 0.6) is 23.3 Å². The van der Waals surface area contributed by atoms with Crippen LogP contribution in [0.3, 0.4) is 0 Å². The second kappa shape index (κ2) is 16.2. The van der Waals surface area contributed by atoms with Crippen molar-refractivity contribution in [3.05, 3.63) is 167 Å². The third-order valence-corrected chi connectivity index (χ3v) is 10.6. The van der Waals surface area contributed by atoms with E-state index in [0.29, 0.717) is 44.1 Å². The van der Waals surface area contributed by atoms with Gasteiger partial charge in [0.25, 0.3) is 0 Å². The summed E-state index contributed by atoms with van der Waals surface area (Å²) in [6.45, 7) is 1.83. The van der Waals surface area contributed by atoms with Gasteiger partial charge >= 0.3 is 0 Å². The normalized spacial score (nSPS) is 17.5. The number of halogens is 2. The number of nitrogens with one attached hydrogen (secondary N) is 1. The number of hydrogen-bond acceptors (Lipinski definition) is 7. The topological polar surface area (TPSA) is 82.1 Å². The van der Waals surface area contributed by atoms with Crippen LogP contribution in [0.4, 0.5) is 14.5 Å². The number of rotatable bonds is 13. The number of phenolic OH excluding ortho intramolecular Hbond substituents is 1. The molecular weight excluding hydrogens is 699 g/mol. The maximum atomic E-state index is 15.8. The number of hydrogen-bond donors (Lipinski definition) is 2. The Kier molecular flexibility index (Phi) is 10.6. The van der Waals surface area contributed by atoms with E-state index in [1.165, 1.54) is 17.7 Å². The van der Waals surface area contributed by atoms with Crippen LogP contribution >= 0.6 is 0 Å². The highest BCUT2D eigenvalue weighted by Gasteiger charge is 2.37. The molecule has 0 radical (unpaired) electrons. The van der Waals surface area contributed by atoms with E-state index in [-0.39, 0.29) is 47.0 Å². The van der Waals surface area contributed by atoms with E-state index in [4.69, 9.17) is 18.9 Å². The van der Waals surface area contributed by atoms with E-state index in [1.807, 2.05) is 84.9 Å². The molecular formula is C46H42F2N2O5. The van der Waals surface area contributed by atoms with Crippen LogP contribution in [0.25, 0.3) is 11.1 Å². The Bertz CT molecular complexity index is 2190. The first-order chi connectivity index (χ1) is 26.9. The zero-order valence-corrected chi connectivity index (χ0v) is 30.3. The Labute approximate surface area is 319 Å². The van der Waals surface area contributed by atoms with Crippen LogP contribution in [-0.2, 0) is 23.4 Å². The van der Waals surface area contributed by atoms with Crippen LogP contribution in [-0.4, -0.2) is 35.5 Å². The summed E-state index contributed by atoms with van der Waals surface area (Å²) < 4.78 is 55.4. The summed E-state index contributed by atoms with van der Waals surface area (Å²) in [5.74, 6) is 0.280. The number of phenols is 1. The van der Waals surface area contributed by atoms with E-state index in [9.17, 15) is 5.11 Å². The van der Waals surface area contributed by atoms with Gasteiger partial charge in [0.15, 0.2) is 0 Å². The Morgan fingerprint density at radius 3 is 1.96 bits per heavy atom. The Morgan fingerprint density at radius 1 is 0.691 bits per heavy atom. The second-order valence-corrected chi connectivity index (χ2v) is 14.2. The van der Waals surface area contributed by atoms with Gasteiger partial charge in [0.05, 0.1) is 5.69 Å². The van der Waals surface area contributed by atoms with E-state index in [1.54, 1.807) is 24.3 Å². The van der Waals surface area contributed by atoms with Crippen molar-refractivity contribution >= 4 is 5.69 Å². The van der Waals surface area contributed by atoms with Gasteiger partial charge in [0, 0.05) is 60.8 Å². The number of pyridine rings is 1. The van der Waals surface area contributed by atoms with Gasteiger partial charge in [0.1, 0.15) is 42.5 Å². The molecule has 1 aromatic heterocycles. The van der Waals surface area contributed by atoms with E-state index in [0.717, 1.165) is 35.3 Å². The molecule has 1 aliphatic heterocycles. The first-order valence-electron chi connectivity index (χ1n) is 18.7. The molecule has 0 spiro atoms. The van der Waals surface area contributed by atoms with Crippen molar-refractivity contribution in [2.24, 2.45) is 0 Å². The molecule has 280 valence electrons. The highest BCUT2D eigenvalue weighted by atomic mass is 19.1. The Morgan fingerprint density at radius 2 is 1.31 bits per heavy atom. The molecule has 1 saturated heterocycles. The molecule has 0 atom stereocenters. The summed E-state index contributed by atoms with van der Waals surface area (Å²) in [4.78, 5) is 4.56. The largest absolute Gasteiger partial charge is 0.508 e. The highest BCUT2D eigenvalue weighted by Crippen LogP contribution is 2.43. The quantitative estimate of drug-likeness (QED) is 0.122. The molecule has 8 rings (SSSR count). The Balaban J connectivity index is 0.919. The predicted octanol–water partition coefficient (Wildman–Crippen LogP) is 10.0. The molecule has 0 amide bonds. The van der Waals surface area contributed by atoms with Crippen molar-refractivity contribution in [3.63, 3.8) is 0 Å². The average Bonchev–Trinajstić information content (AvgIpc) is 3.21. The van der Waals surface area contributed by atoms with E-state index < -0.39 is 11.6 Å². The fourth-order valence-electron chi connectivity index (χ4n) is 7.43. The van der Waals surface area contributed by atoms with Gasteiger partial charge in [-0.05, 0) is 71.5 Å². The minimum Gasteiger partial charge on any atom is -0.508 e. The van der Waals surface area contributed by atoms with Crippen molar-refractivity contribution in [2.45, 2.75) is 56.5 Å². The van der Waals surface area contributed by atoms with Crippen molar-refractivity contribution in [2.75, 3.05) is 18.5 Å². The SMILES string of the molecule is Oc1ccc(C2(c3ccc(OC4CC(Nc5cc(F)c(-c6ccc(OCc7ccccc7)nc6OCc6ccccc6)cc5F)C4)cc3)CCOCC2)cc1. The maximum Gasteiger partial charge on any atom is 0.225 e. The lowest BCUT2D eigenvalue weighted by Gasteiger charge is -2.39. The average molecular weight is 741 g/mol. The Hall–Kier alpha value is -5.93. The second-order valence-electron chi connectivity index (χ2n) is 14.2. The summed E-state index contributed by atoms with van der Waals surface area (Å²) >= 11 is 0. The summed E-state index contributed by atoms with van der Waals surface area (Å²) in [6.07, 6.45) is 2.93. The highest BCUT2D eigenvalue weighted by molar-refractivity contribution is 5.72. The van der Waals surface area contributed by atoms with Gasteiger partial charge in [-0.2, -0.15) is 4.98 Å². The van der Waals surface area contributed by atoms with Gasteiger partial charge in [0.2, 0.25) is 11.8 Å². The first-order valence-corrected chi connectivity index (χ1v) is 18.7. The summed E-state index contributed by atoms with van der Waals surface area (Å²) in [7, 11) is 0. The van der Waals surface area contributed by atoms with Crippen LogP contribution in [0.2, 0.25) is 0 Å². The zero-order chi connectivity index (χ0) is 37.6. The van der Waals surface area contributed by atoms with Gasteiger partial charge in [-0.25, -0.2) is 8.78 Å². The molecule has 2 heterocycles. The number of anilines is 1. The summed E-state index contributed by atoms with van der Waals surface area (Å²) in [5, 5.41) is 13.0. The molecule has 7 nitrogen and oxygen atoms in total. The lowest BCUT2D eigenvalue weighted by molar-refractivity contribution is 0.0630. The van der Waals surface area contributed by atoms with Crippen LogP contribution < -0.4 is 19.5 Å². The van der Waals surface area contributed by atoms with Gasteiger partial charge in [-0.3, -0.25) is 0 Å². The summed E-state index contributed by atoms with van der Waals surface area (Å²) in [6, 6.07) is 40.5. The monoisotopic (exact) mass is 740 g/mol. The number of benzene rings is 5. The molecule has 0 unspecified atom stereocenters. The molecule has 1 saturated carbocycles. The van der Waals surface area contributed by atoms with Crippen molar-refractivity contribution in [1.82, 2.24) is 4.98 Å². The number of aromatic hydroxyl groups is 1. The summed E-state index contributed by atoms with van der Waals surface area (Å²) in [5.41, 5.74) is 4.47. The molecule has 2 N–H and O–H groups in total. The fraction of sp³-hybridized carbons (Fsp3) is 0.239. The van der Waals surface area contributed by atoms with E-state index >= 15 is 8.78 Å². The lowest BCUT2D eigenvalue weighted by atomic mass is 9.69. The van der Waals surface area contributed by atoms with Crippen LogP contribution in [0.1, 0.15) is 47.9 Å². The predicted molar refractivity (Wildman–Crippen MR) is 208 cm³/mol. The third-order valence-electron chi connectivity index (χ3n) is 10.6. The number of ether oxygens (including phenoxy) is 4. The fourth-order valence-corrected chi connectivity index (χ4v) is 7.43. The molecule has 2 aliphatic rings. The van der Waals surface area contributed by atoms with Gasteiger partial charge < -0.3 is 29.4 Å². The maximum absolute atomic E-state index is 15.8. The molecule has 0 bridgehead atoms. The molecule has 9 heteroatoms. The zero-order valence-electron chi connectivity index (χ0n) is 30.3. The van der Waals surface area contributed by atoms with Gasteiger partial charge in [-0.1, -0.05) is 84.9 Å². The van der Waals surface area contributed by atoms with Crippen molar-refractivity contribution in [1.29, 1.82) is 0 Å². The van der Waals surface area contributed by atoms with Gasteiger partial charge in [-0.15, -0.1) is 0 Å². The molecule has 55 heavy (non-hydrogen) atoms. The standard InChI is InChI=1S/C46H42F2N2O5/c47-41-28-43(49-35-25-38(26-35)55-37-17-13-34(14-18-37)46(21-23-52-24-22-46)33-11-15-36(51)16-12-33)42(48)27-40(41)39-19-20-44(53-29-31-7-3-1-4-8-31)50-45(39)54-30-32-9-5-2-6-10-32/h1-20,27-28,35,38,49,51H,21-26,29-30H2. The molecule has 2 fully saturated rings. The minimum atomic E-state index is -0.602. The van der Waals surface area contributed by atoms with E-state index in [2.05, 4.69) is 22.4 Å². The molecule has 1 aliphatic carbocycles. The molecule has 5 aromatic carbocycles. The van der Waals surface area contributed by atoms with Crippen LogP contribution in [0.15, 0.2) is 133 Å². The van der Waals surface area contributed by atoms with Crippen LogP contribution in [0, 0.1) is 11.6 Å². The number of aromatic nitrogens is 1. The lowest BCUT2D eigenvalue weighted by Crippen LogP contribution is -2.42. The van der Waals surface area contributed by atoms with Crippen molar-refractivity contribution < 1.29 is 32.8 Å². The first kappa shape index (κ1) is 36.1. The molecule has 6 aromatic rings. The third kappa shape index (κ3) is 8.27. The van der Waals surface area contributed by atoms with Crippen molar-refractivity contribution in [3.8, 4) is 34.4 Å². The minimum absolute atomic E-state index is 0.0411.